The van der Waals surface area contributed by atoms with Gasteiger partial charge in [-0.1, -0.05) is 0 Å². The molecule has 5 nitrogen and oxygen atoms in total. The molecule has 1 heterocycles. The molecule has 1 fully saturated rings. The van der Waals surface area contributed by atoms with E-state index in [0.29, 0.717) is 0 Å². The van der Waals surface area contributed by atoms with Gasteiger partial charge in [-0.15, -0.1) is 10.2 Å². The molecule has 0 N–H and O–H groups in total. The first-order chi connectivity index (χ1) is 8.02. The first-order valence-electron chi connectivity index (χ1n) is 5.31. The summed E-state index contributed by atoms with van der Waals surface area (Å²) in [6.45, 7) is 0. The van der Waals surface area contributed by atoms with Crippen LogP contribution >= 0.6 is 0 Å². The second kappa shape index (κ2) is 4.38. The number of rotatable bonds is 2. The van der Waals surface area contributed by atoms with Gasteiger partial charge in [-0.3, -0.25) is 0 Å². The molecule has 1 aliphatic rings. The molecule has 7 heteroatoms. The zero-order valence-electron chi connectivity index (χ0n) is 9.28. The van der Waals surface area contributed by atoms with E-state index < -0.39 is 11.9 Å². The van der Waals surface area contributed by atoms with Gasteiger partial charge in [0.15, 0.2) is 0 Å². The maximum Gasteiger partial charge on any atom is 0.396 e. The summed E-state index contributed by atoms with van der Waals surface area (Å²) in [4.78, 5) is 11.1. The fraction of sp³-hybridized carbons (Fsp3) is 0.700. The molecule has 0 saturated heterocycles. The molecule has 0 bridgehead atoms. The van der Waals surface area contributed by atoms with Crippen LogP contribution in [0.1, 0.15) is 48.2 Å². The van der Waals surface area contributed by atoms with E-state index in [0.717, 1.165) is 0 Å². The van der Waals surface area contributed by atoms with Crippen molar-refractivity contribution in [2.75, 3.05) is 7.11 Å². The van der Waals surface area contributed by atoms with Crippen LogP contribution < -0.4 is 0 Å². The van der Waals surface area contributed by atoms with Crippen LogP contribution in [0.15, 0.2) is 4.42 Å². The van der Waals surface area contributed by atoms with Gasteiger partial charge in [0.25, 0.3) is 0 Å². The number of hydrogen-bond acceptors (Lipinski definition) is 5. The van der Waals surface area contributed by atoms with Crippen molar-refractivity contribution < 1.29 is 22.7 Å². The van der Waals surface area contributed by atoms with E-state index in [9.17, 15) is 13.6 Å². The summed E-state index contributed by atoms with van der Waals surface area (Å²) in [7, 11) is 1.20. The van der Waals surface area contributed by atoms with Crippen LogP contribution in [-0.2, 0) is 4.74 Å². The monoisotopic (exact) mass is 246 g/mol. The van der Waals surface area contributed by atoms with Crippen LogP contribution in [0.25, 0.3) is 0 Å². The van der Waals surface area contributed by atoms with Crippen molar-refractivity contribution in [3.8, 4) is 0 Å². The fourth-order valence-electron chi connectivity index (χ4n) is 1.86. The molecule has 1 aromatic heterocycles. The Morgan fingerprint density at radius 1 is 1.41 bits per heavy atom. The molecule has 94 valence electrons. The molecule has 1 aromatic rings. The van der Waals surface area contributed by atoms with Gasteiger partial charge in [0.2, 0.25) is 11.8 Å². The predicted octanol–water partition coefficient (Wildman–Crippen LogP) is 2.15. The van der Waals surface area contributed by atoms with Crippen molar-refractivity contribution in [3.05, 3.63) is 11.8 Å². The van der Waals surface area contributed by atoms with E-state index in [1.807, 2.05) is 0 Å². The third-order valence-electron chi connectivity index (χ3n) is 2.87. The zero-order chi connectivity index (χ0) is 12.5. The Morgan fingerprint density at radius 3 is 2.65 bits per heavy atom. The lowest BCUT2D eigenvalue weighted by atomic mass is 9.87. The third kappa shape index (κ3) is 2.59. The number of carbonyl (C=O) groups excluding carboxylic acids is 1. The number of aromatic nitrogens is 2. The lowest BCUT2D eigenvalue weighted by Crippen LogP contribution is -2.23. The highest BCUT2D eigenvalue weighted by Gasteiger charge is 2.37. The van der Waals surface area contributed by atoms with Crippen molar-refractivity contribution in [2.45, 2.75) is 37.5 Å². The quantitative estimate of drug-likeness (QED) is 0.748. The summed E-state index contributed by atoms with van der Waals surface area (Å²) in [5, 5.41) is 7.21. The van der Waals surface area contributed by atoms with Crippen LogP contribution in [0.3, 0.4) is 0 Å². The molecule has 0 aliphatic heterocycles. The van der Waals surface area contributed by atoms with Gasteiger partial charge < -0.3 is 9.15 Å². The number of ether oxygens (including phenoxy) is 1. The third-order valence-corrected chi connectivity index (χ3v) is 2.87. The van der Waals surface area contributed by atoms with Gasteiger partial charge in [0.05, 0.1) is 7.11 Å². The van der Waals surface area contributed by atoms with Gasteiger partial charge in [0.1, 0.15) is 0 Å². The fourth-order valence-corrected chi connectivity index (χ4v) is 1.86. The minimum Gasteiger partial charge on any atom is -0.462 e. The largest absolute Gasteiger partial charge is 0.462 e. The molecule has 0 spiro atoms. The molecular weight excluding hydrogens is 234 g/mol. The van der Waals surface area contributed by atoms with Crippen LogP contribution in [0, 0.1) is 0 Å². The molecule has 17 heavy (non-hydrogen) atoms. The van der Waals surface area contributed by atoms with Gasteiger partial charge >= 0.3 is 11.9 Å². The number of alkyl halides is 2. The molecule has 0 amide bonds. The van der Waals surface area contributed by atoms with Gasteiger partial charge in [-0.25, -0.2) is 13.6 Å². The first kappa shape index (κ1) is 11.9. The molecule has 1 aliphatic carbocycles. The number of nitrogens with zero attached hydrogens (tertiary/aromatic N) is 2. The first-order valence-corrected chi connectivity index (χ1v) is 5.31. The van der Waals surface area contributed by atoms with Gasteiger partial charge in [0, 0.05) is 18.8 Å². The molecule has 0 unspecified atom stereocenters. The highest BCUT2D eigenvalue weighted by atomic mass is 19.3. The van der Waals surface area contributed by atoms with Gasteiger partial charge in [-0.2, -0.15) is 0 Å². The minimum absolute atomic E-state index is 0.187. The predicted molar refractivity (Wildman–Crippen MR) is 51.8 cm³/mol. The number of carbonyl (C=O) groups is 1. The molecule has 2 rings (SSSR count). The van der Waals surface area contributed by atoms with Crippen molar-refractivity contribution in [2.24, 2.45) is 0 Å². The van der Waals surface area contributed by atoms with Crippen molar-refractivity contribution in [1.82, 2.24) is 10.2 Å². The summed E-state index contributed by atoms with van der Waals surface area (Å²) in [5.74, 6) is -3.51. The minimum atomic E-state index is -2.60. The number of hydrogen-bond donors (Lipinski definition) is 0. The lowest BCUT2D eigenvalue weighted by Gasteiger charge is -2.25. The van der Waals surface area contributed by atoms with Crippen molar-refractivity contribution in [3.63, 3.8) is 0 Å². The summed E-state index contributed by atoms with van der Waals surface area (Å²) in [6.07, 6.45) is 0.201. The second-order valence-corrected chi connectivity index (χ2v) is 4.07. The SMILES string of the molecule is COC(=O)c1nnc(C2CCC(F)(F)CC2)o1. The van der Waals surface area contributed by atoms with Crippen LogP contribution in [0.2, 0.25) is 0 Å². The Kier molecular flexibility index (Phi) is 3.08. The van der Waals surface area contributed by atoms with E-state index in [4.69, 9.17) is 4.42 Å². The van der Waals surface area contributed by atoms with Gasteiger partial charge in [-0.05, 0) is 12.8 Å². The van der Waals surface area contributed by atoms with Crippen LogP contribution in [0.4, 0.5) is 8.78 Å². The molecular formula is C10H12F2N2O3. The van der Waals surface area contributed by atoms with Crippen molar-refractivity contribution >= 4 is 5.97 Å². The van der Waals surface area contributed by atoms with E-state index in [-0.39, 0.29) is 43.4 Å². The molecule has 0 atom stereocenters. The highest BCUT2D eigenvalue weighted by molar-refractivity contribution is 5.83. The molecule has 0 aromatic carbocycles. The second-order valence-electron chi connectivity index (χ2n) is 4.07. The van der Waals surface area contributed by atoms with E-state index in [1.165, 1.54) is 7.11 Å². The smallest absolute Gasteiger partial charge is 0.396 e. The zero-order valence-corrected chi connectivity index (χ0v) is 9.28. The maximum absolute atomic E-state index is 12.9. The average Bonchev–Trinajstić information content (AvgIpc) is 2.77. The maximum atomic E-state index is 12.9. The number of methoxy groups -OCH3 is 1. The highest BCUT2D eigenvalue weighted by Crippen LogP contribution is 2.40. The van der Waals surface area contributed by atoms with E-state index >= 15 is 0 Å². The summed E-state index contributed by atoms with van der Waals surface area (Å²) in [6, 6.07) is 0. The molecule has 1 saturated carbocycles. The Balaban J connectivity index is 2.04. The van der Waals surface area contributed by atoms with E-state index in [1.54, 1.807) is 0 Å². The topological polar surface area (TPSA) is 65.2 Å². The molecule has 0 radical (unpaired) electrons. The van der Waals surface area contributed by atoms with E-state index in [2.05, 4.69) is 14.9 Å². The Bertz CT molecular complexity index is 409. The summed E-state index contributed by atoms with van der Waals surface area (Å²) < 4.78 is 35.4. The Labute approximate surface area is 96.2 Å². The summed E-state index contributed by atoms with van der Waals surface area (Å²) in [5.41, 5.74) is 0. The Morgan fingerprint density at radius 2 is 2.06 bits per heavy atom. The van der Waals surface area contributed by atoms with Crippen molar-refractivity contribution in [1.29, 1.82) is 0 Å². The average molecular weight is 246 g/mol. The lowest BCUT2D eigenvalue weighted by molar-refractivity contribution is -0.0400. The standard InChI is InChI=1S/C10H12F2N2O3/c1-16-9(15)8-14-13-7(17-8)6-2-4-10(11,12)5-3-6/h6H,2-5H2,1H3. The number of esters is 1. The van der Waals surface area contributed by atoms with Crippen LogP contribution in [0.5, 0.6) is 0 Å². The number of halogens is 2. The normalized spacial score (nSPS) is 20.2. The Hall–Kier alpha value is -1.53. The van der Waals surface area contributed by atoms with Crippen LogP contribution in [-0.4, -0.2) is 29.2 Å². The summed E-state index contributed by atoms with van der Waals surface area (Å²) >= 11 is 0.